The number of rotatable bonds is 7. The van der Waals surface area contributed by atoms with Crippen LogP contribution in [0.25, 0.3) is 0 Å². The smallest absolute Gasteiger partial charge is 0.270 e. The van der Waals surface area contributed by atoms with E-state index in [2.05, 4.69) is 25.6 Å². The molecule has 3 aromatic rings. The number of nitrogens with one attached hydrogen (secondary N) is 2. The van der Waals surface area contributed by atoms with Gasteiger partial charge < -0.3 is 20.1 Å². The van der Waals surface area contributed by atoms with E-state index in [0.29, 0.717) is 29.7 Å². The fourth-order valence-electron chi connectivity index (χ4n) is 2.36. The molecule has 8 heteroatoms. The van der Waals surface area contributed by atoms with Crippen molar-refractivity contribution in [2.75, 3.05) is 19.5 Å². The zero-order valence-corrected chi connectivity index (χ0v) is 15.0. The maximum atomic E-state index is 12.3. The predicted octanol–water partition coefficient (Wildman–Crippen LogP) is 2.56. The lowest BCUT2D eigenvalue weighted by atomic mass is 10.2. The normalized spacial score (nSPS) is 10.1. The highest BCUT2D eigenvalue weighted by atomic mass is 16.5. The zero-order valence-electron chi connectivity index (χ0n) is 15.0. The van der Waals surface area contributed by atoms with E-state index in [1.165, 1.54) is 6.20 Å². The Bertz CT molecular complexity index is 918. The summed E-state index contributed by atoms with van der Waals surface area (Å²) in [5, 5.41) is 5.87. The average molecular weight is 365 g/mol. The lowest BCUT2D eigenvalue weighted by molar-refractivity contribution is 0.0946. The molecule has 0 atom stereocenters. The van der Waals surface area contributed by atoms with Gasteiger partial charge in [-0.25, -0.2) is 9.97 Å². The summed E-state index contributed by atoms with van der Waals surface area (Å²) >= 11 is 0. The standard InChI is InChI=1S/C19H19N5O3/c1-26-16-4-3-14(11-17(16)27-2)23-19-21-10-7-15(24-19)18(25)22-12-13-5-8-20-9-6-13/h3-11H,12H2,1-2H3,(H,22,25)(H,21,23,24). The molecule has 0 aliphatic heterocycles. The minimum Gasteiger partial charge on any atom is -0.493 e. The molecule has 0 bridgehead atoms. The van der Waals surface area contributed by atoms with Gasteiger partial charge in [-0.1, -0.05) is 0 Å². The summed E-state index contributed by atoms with van der Waals surface area (Å²) in [6.07, 6.45) is 4.88. The summed E-state index contributed by atoms with van der Waals surface area (Å²) in [5.74, 6) is 1.21. The van der Waals surface area contributed by atoms with Gasteiger partial charge >= 0.3 is 0 Å². The van der Waals surface area contributed by atoms with Crippen LogP contribution >= 0.6 is 0 Å². The largest absolute Gasteiger partial charge is 0.493 e. The topological polar surface area (TPSA) is 98.3 Å². The first kappa shape index (κ1) is 18.1. The third kappa shape index (κ3) is 4.69. The van der Waals surface area contributed by atoms with E-state index in [-0.39, 0.29) is 11.6 Å². The molecule has 1 aromatic carbocycles. The number of nitrogens with zero attached hydrogens (tertiary/aromatic N) is 3. The summed E-state index contributed by atoms with van der Waals surface area (Å²) in [5.41, 5.74) is 1.93. The fourth-order valence-corrected chi connectivity index (χ4v) is 2.36. The molecule has 3 rings (SSSR count). The molecule has 1 amide bonds. The second-order valence-corrected chi connectivity index (χ2v) is 5.50. The Morgan fingerprint density at radius 2 is 1.78 bits per heavy atom. The van der Waals surface area contributed by atoms with Crippen molar-refractivity contribution in [2.24, 2.45) is 0 Å². The van der Waals surface area contributed by atoms with Crippen molar-refractivity contribution >= 4 is 17.5 Å². The SMILES string of the molecule is COc1ccc(Nc2nccc(C(=O)NCc3ccncc3)n2)cc1OC. The molecule has 138 valence electrons. The van der Waals surface area contributed by atoms with Gasteiger partial charge in [0.1, 0.15) is 5.69 Å². The maximum Gasteiger partial charge on any atom is 0.270 e. The minimum absolute atomic E-state index is 0.266. The minimum atomic E-state index is -0.287. The summed E-state index contributed by atoms with van der Waals surface area (Å²) < 4.78 is 10.5. The second-order valence-electron chi connectivity index (χ2n) is 5.50. The number of carbonyl (C=O) groups excluding carboxylic acids is 1. The molecule has 0 unspecified atom stereocenters. The van der Waals surface area contributed by atoms with Gasteiger partial charge in [0.05, 0.1) is 14.2 Å². The molecule has 0 aliphatic carbocycles. The van der Waals surface area contributed by atoms with Crippen molar-refractivity contribution in [1.82, 2.24) is 20.3 Å². The highest BCUT2D eigenvalue weighted by Gasteiger charge is 2.10. The number of carbonyl (C=O) groups is 1. The number of amides is 1. The Morgan fingerprint density at radius 1 is 1.00 bits per heavy atom. The summed E-state index contributed by atoms with van der Waals surface area (Å²) in [6.45, 7) is 0.393. The van der Waals surface area contributed by atoms with Gasteiger partial charge in [0.15, 0.2) is 11.5 Å². The van der Waals surface area contributed by atoms with Gasteiger partial charge in [-0.15, -0.1) is 0 Å². The molecule has 2 aromatic heterocycles. The molecule has 27 heavy (non-hydrogen) atoms. The predicted molar refractivity (Wildman–Crippen MR) is 100 cm³/mol. The number of aromatic nitrogens is 3. The lowest BCUT2D eigenvalue weighted by Crippen LogP contribution is -2.24. The van der Waals surface area contributed by atoms with Gasteiger partial charge in [-0.05, 0) is 35.9 Å². The molecular formula is C19H19N5O3. The Balaban J connectivity index is 1.69. The number of hydrogen-bond donors (Lipinski definition) is 2. The van der Waals surface area contributed by atoms with Crippen molar-refractivity contribution in [3.05, 3.63) is 66.2 Å². The highest BCUT2D eigenvalue weighted by molar-refractivity contribution is 5.92. The number of ether oxygens (including phenoxy) is 2. The van der Waals surface area contributed by atoms with Crippen LogP contribution in [0.4, 0.5) is 11.6 Å². The maximum absolute atomic E-state index is 12.3. The molecule has 0 aliphatic rings. The van der Waals surface area contributed by atoms with Crippen molar-refractivity contribution in [2.45, 2.75) is 6.54 Å². The van der Waals surface area contributed by atoms with Crippen LogP contribution in [0, 0.1) is 0 Å². The number of hydrogen-bond acceptors (Lipinski definition) is 7. The summed E-state index contributed by atoms with van der Waals surface area (Å²) in [4.78, 5) is 24.7. The second kappa shape index (κ2) is 8.61. The van der Waals surface area contributed by atoms with Crippen LogP contribution in [0.5, 0.6) is 11.5 Å². The molecular weight excluding hydrogens is 346 g/mol. The molecule has 0 radical (unpaired) electrons. The molecule has 0 saturated carbocycles. The first-order chi connectivity index (χ1) is 13.2. The number of pyridine rings is 1. The van der Waals surface area contributed by atoms with Crippen molar-refractivity contribution < 1.29 is 14.3 Å². The number of benzene rings is 1. The van der Waals surface area contributed by atoms with Crippen LogP contribution < -0.4 is 20.1 Å². The third-order valence-electron chi connectivity index (χ3n) is 3.73. The van der Waals surface area contributed by atoms with Crippen LogP contribution in [0.15, 0.2) is 55.0 Å². The summed E-state index contributed by atoms with van der Waals surface area (Å²) in [7, 11) is 3.13. The Kier molecular flexibility index (Phi) is 5.78. The zero-order chi connectivity index (χ0) is 19.1. The van der Waals surface area contributed by atoms with E-state index >= 15 is 0 Å². The van der Waals surface area contributed by atoms with Gasteiger partial charge in [0.25, 0.3) is 5.91 Å². The molecule has 2 heterocycles. The van der Waals surface area contributed by atoms with E-state index in [0.717, 1.165) is 5.56 Å². The van der Waals surface area contributed by atoms with E-state index in [4.69, 9.17) is 9.47 Å². The first-order valence-corrected chi connectivity index (χ1v) is 8.19. The lowest BCUT2D eigenvalue weighted by Gasteiger charge is -2.11. The van der Waals surface area contributed by atoms with Crippen LogP contribution in [-0.2, 0) is 6.54 Å². The Hall–Kier alpha value is -3.68. The van der Waals surface area contributed by atoms with E-state index in [1.807, 2.05) is 12.1 Å². The molecule has 8 nitrogen and oxygen atoms in total. The van der Waals surface area contributed by atoms with Crippen LogP contribution in [0.3, 0.4) is 0 Å². The highest BCUT2D eigenvalue weighted by Crippen LogP contribution is 2.30. The number of anilines is 2. The van der Waals surface area contributed by atoms with Gasteiger partial charge in [-0.3, -0.25) is 9.78 Å². The van der Waals surface area contributed by atoms with Crippen LogP contribution in [0.2, 0.25) is 0 Å². The van der Waals surface area contributed by atoms with E-state index < -0.39 is 0 Å². The summed E-state index contributed by atoms with van der Waals surface area (Å²) in [6, 6.07) is 10.6. The molecule has 2 N–H and O–H groups in total. The van der Waals surface area contributed by atoms with E-state index in [9.17, 15) is 4.79 Å². The Labute approximate surface area is 156 Å². The van der Waals surface area contributed by atoms with Gasteiger partial charge in [-0.2, -0.15) is 0 Å². The van der Waals surface area contributed by atoms with Gasteiger partial charge in [0, 0.05) is 36.9 Å². The number of methoxy groups -OCH3 is 2. The molecule has 0 spiro atoms. The first-order valence-electron chi connectivity index (χ1n) is 8.19. The average Bonchev–Trinajstić information content (AvgIpc) is 2.73. The van der Waals surface area contributed by atoms with Crippen molar-refractivity contribution in [3.8, 4) is 11.5 Å². The molecule has 0 saturated heterocycles. The van der Waals surface area contributed by atoms with Gasteiger partial charge in [0.2, 0.25) is 5.95 Å². The van der Waals surface area contributed by atoms with Crippen molar-refractivity contribution in [1.29, 1.82) is 0 Å². The van der Waals surface area contributed by atoms with Crippen LogP contribution in [0.1, 0.15) is 16.1 Å². The van der Waals surface area contributed by atoms with Crippen molar-refractivity contribution in [3.63, 3.8) is 0 Å². The third-order valence-corrected chi connectivity index (χ3v) is 3.73. The Morgan fingerprint density at radius 3 is 2.52 bits per heavy atom. The monoisotopic (exact) mass is 365 g/mol. The quantitative estimate of drug-likeness (QED) is 0.664. The van der Waals surface area contributed by atoms with E-state index in [1.54, 1.807) is 50.9 Å². The molecule has 0 fully saturated rings. The fraction of sp³-hybridized carbons (Fsp3) is 0.158. The van der Waals surface area contributed by atoms with Crippen LogP contribution in [-0.4, -0.2) is 35.1 Å².